The van der Waals surface area contributed by atoms with Crippen molar-refractivity contribution in [1.82, 2.24) is 20.6 Å². The lowest BCUT2D eigenvalue weighted by Gasteiger charge is -2.10. The minimum Gasteiger partial charge on any atom is -0.357 e. The molecule has 0 bridgehead atoms. The van der Waals surface area contributed by atoms with E-state index in [1.165, 1.54) is 5.01 Å². The summed E-state index contributed by atoms with van der Waals surface area (Å²) in [6, 6.07) is 0. The molecule has 8 heteroatoms. The van der Waals surface area contributed by atoms with E-state index >= 15 is 0 Å². The van der Waals surface area contributed by atoms with Crippen molar-refractivity contribution in [3.63, 3.8) is 0 Å². The minimum absolute atomic E-state index is 0. The maximum Gasteiger partial charge on any atom is 0.191 e. The second-order valence-electron chi connectivity index (χ2n) is 5.56. The van der Waals surface area contributed by atoms with Crippen LogP contribution < -0.4 is 10.6 Å². The fourth-order valence-corrected chi connectivity index (χ4v) is 3.47. The number of thiazole rings is 2. The standard InChI is InChI=1S/C16H25N5S2.HI/c1-5-17-16(18-7-6-13-9-22-12(4)20-13)19-8-14-10-23-15(21-14)11(2)3;/h9-11H,5-8H2,1-4H3,(H2,17,18,19);1H. The first kappa shape index (κ1) is 21.3. The molecule has 0 aliphatic carbocycles. The van der Waals surface area contributed by atoms with Crippen LogP contribution in [0.25, 0.3) is 0 Å². The third kappa shape index (κ3) is 7.02. The predicted molar refractivity (Wildman–Crippen MR) is 115 cm³/mol. The van der Waals surface area contributed by atoms with E-state index in [-0.39, 0.29) is 24.0 Å². The normalized spacial score (nSPS) is 11.5. The second kappa shape index (κ2) is 11.0. The van der Waals surface area contributed by atoms with Crippen LogP contribution in [0.5, 0.6) is 0 Å². The molecule has 5 nitrogen and oxygen atoms in total. The highest BCUT2D eigenvalue weighted by Gasteiger charge is 2.06. The quantitative estimate of drug-likeness (QED) is 0.359. The van der Waals surface area contributed by atoms with E-state index in [1.807, 2.05) is 6.92 Å². The lowest BCUT2D eigenvalue weighted by atomic mass is 10.2. The molecule has 2 N–H and O–H groups in total. The van der Waals surface area contributed by atoms with Crippen molar-refractivity contribution in [2.75, 3.05) is 13.1 Å². The number of aryl methyl sites for hydroxylation is 1. The summed E-state index contributed by atoms with van der Waals surface area (Å²) < 4.78 is 0. The van der Waals surface area contributed by atoms with Gasteiger partial charge in [0.1, 0.15) is 0 Å². The molecule has 0 aliphatic rings. The summed E-state index contributed by atoms with van der Waals surface area (Å²) in [5, 5.41) is 13.1. The van der Waals surface area contributed by atoms with E-state index in [2.05, 4.69) is 57.1 Å². The van der Waals surface area contributed by atoms with Gasteiger partial charge in [-0.3, -0.25) is 0 Å². The van der Waals surface area contributed by atoms with Gasteiger partial charge in [-0.05, 0) is 13.8 Å². The summed E-state index contributed by atoms with van der Waals surface area (Å²) in [6.45, 7) is 10.7. The fraction of sp³-hybridized carbons (Fsp3) is 0.562. The third-order valence-electron chi connectivity index (χ3n) is 3.15. The van der Waals surface area contributed by atoms with E-state index in [4.69, 9.17) is 0 Å². The largest absolute Gasteiger partial charge is 0.357 e. The number of guanidine groups is 1. The Labute approximate surface area is 169 Å². The van der Waals surface area contributed by atoms with Crippen molar-refractivity contribution in [3.8, 4) is 0 Å². The Balaban J connectivity index is 0.00000288. The average molecular weight is 479 g/mol. The van der Waals surface area contributed by atoms with Gasteiger partial charge in [-0.15, -0.1) is 46.7 Å². The van der Waals surface area contributed by atoms with E-state index in [0.717, 1.165) is 41.9 Å². The Morgan fingerprint density at radius 2 is 1.92 bits per heavy atom. The maximum atomic E-state index is 4.62. The van der Waals surface area contributed by atoms with E-state index in [0.29, 0.717) is 12.5 Å². The fourth-order valence-electron chi connectivity index (χ4n) is 1.99. The molecule has 0 radical (unpaired) electrons. The zero-order chi connectivity index (χ0) is 16.7. The topological polar surface area (TPSA) is 62.2 Å². The van der Waals surface area contributed by atoms with Crippen LogP contribution in [-0.2, 0) is 13.0 Å². The van der Waals surface area contributed by atoms with Crippen LogP contribution >= 0.6 is 46.7 Å². The van der Waals surface area contributed by atoms with Crippen molar-refractivity contribution < 1.29 is 0 Å². The minimum atomic E-state index is 0. The SMILES string of the molecule is CCNC(=NCc1csc(C(C)C)n1)NCCc1csc(C)n1.I. The predicted octanol–water partition coefficient (Wildman–Crippen LogP) is 3.95. The van der Waals surface area contributed by atoms with Gasteiger partial charge in [-0.2, -0.15) is 0 Å². The van der Waals surface area contributed by atoms with Gasteiger partial charge < -0.3 is 10.6 Å². The molecule has 0 aromatic carbocycles. The Kier molecular flexibility index (Phi) is 9.75. The molecule has 0 unspecified atom stereocenters. The molecule has 0 atom stereocenters. The lowest BCUT2D eigenvalue weighted by molar-refractivity contribution is 0.785. The van der Waals surface area contributed by atoms with Gasteiger partial charge in [-0.25, -0.2) is 15.0 Å². The van der Waals surface area contributed by atoms with Gasteiger partial charge in [0.05, 0.1) is 27.9 Å². The van der Waals surface area contributed by atoms with E-state index < -0.39 is 0 Å². The summed E-state index contributed by atoms with van der Waals surface area (Å²) in [6.07, 6.45) is 0.906. The number of nitrogens with one attached hydrogen (secondary N) is 2. The van der Waals surface area contributed by atoms with Crippen LogP contribution in [0.1, 0.15) is 48.1 Å². The van der Waals surface area contributed by atoms with Crippen molar-refractivity contribution in [2.45, 2.75) is 46.6 Å². The molecule has 2 aromatic rings. The monoisotopic (exact) mass is 479 g/mol. The van der Waals surface area contributed by atoms with Gasteiger partial charge in [0.2, 0.25) is 0 Å². The van der Waals surface area contributed by atoms with Crippen LogP contribution in [0.15, 0.2) is 15.8 Å². The summed E-state index contributed by atoms with van der Waals surface area (Å²) in [5.41, 5.74) is 2.17. The molecule has 24 heavy (non-hydrogen) atoms. The van der Waals surface area contributed by atoms with E-state index in [1.54, 1.807) is 22.7 Å². The van der Waals surface area contributed by atoms with Gasteiger partial charge in [-0.1, -0.05) is 13.8 Å². The van der Waals surface area contributed by atoms with Crippen LogP contribution in [-0.4, -0.2) is 29.0 Å². The number of nitrogens with zero attached hydrogens (tertiary/aromatic N) is 3. The first-order valence-corrected chi connectivity index (χ1v) is 9.72. The maximum absolute atomic E-state index is 4.62. The first-order chi connectivity index (χ1) is 11.1. The Morgan fingerprint density at radius 3 is 2.50 bits per heavy atom. The molecule has 2 rings (SSSR count). The smallest absolute Gasteiger partial charge is 0.191 e. The summed E-state index contributed by atoms with van der Waals surface area (Å²) in [5.74, 6) is 1.31. The van der Waals surface area contributed by atoms with Crippen LogP contribution in [0.3, 0.4) is 0 Å². The van der Waals surface area contributed by atoms with Crippen molar-refractivity contribution >= 4 is 52.6 Å². The van der Waals surface area contributed by atoms with E-state index in [9.17, 15) is 0 Å². The van der Waals surface area contributed by atoms with Crippen molar-refractivity contribution in [3.05, 3.63) is 32.2 Å². The Hall–Kier alpha value is -0.740. The molecule has 0 amide bonds. The van der Waals surface area contributed by atoms with Gasteiger partial charge in [0.15, 0.2) is 5.96 Å². The molecule has 2 aromatic heterocycles. The molecule has 0 spiro atoms. The second-order valence-corrected chi connectivity index (χ2v) is 7.51. The van der Waals surface area contributed by atoms with Crippen LogP contribution in [0, 0.1) is 6.92 Å². The third-order valence-corrected chi connectivity index (χ3v) is 5.16. The molecular weight excluding hydrogens is 453 g/mol. The first-order valence-electron chi connectivity index (χ1n) is 7.96. The number of hydrogen-bond acceptors (Lipinski definition) is 5. The number of aliphatic imine (C=N–C) groups is 1. The molecule has 0 aliphatic heterocycles. The number of rotatable bonds is 7. The molecular formula is C16H26IN5S2. The summed E-state index contributed by atoms with van der Waals surface area (Å²) >= 11 is 3.41. The van der Waals surface area contributed by atoms with Crippen LogP contribution in [0.2, 0.25) is 0 Å². The van der Waals surface area contributed by atoms with Crippen molar-refractivity contribution in [1.29, 1.82) is 0 Å². The van der Waals surface area contributed by atoms with Gasteiger partial charge in [0.25, 0.3) is 0 Å². The number of aromatic nitrogens is 2. The summed E-state index contributed by atoms with van der Waals surface area (Å²) in [4.78, 5) is 13.7. The lowest BCUT2D eigenvalue weighted by Crippen LogP contribution is -2.38. The molecule has 134 valence electrons. The molecule has 0 fully saturated rings. The molecule has 0 saturated carbocycles. The highest BCUT2D eigenvalue weighted by atomic mass is 127. The zero-order valence-electron chi connectivity index (χ0n) is 14.6. The van der Waals surface area contributed by atoms with Gasteiger partial charge >= 0.3 is 0 Å². The number of halogens is 1. The van der Waals surface area contributed by atoms with Crippen molar-refractivity contribution in [2.24, 2.45) is 4.99 Å². The van der Waals surface area contributed by atoms with Crippen LogP contribution in [0.4, 0.5) is 0 Å². The van der Waals surface area contributed by atoms with Gasteiger partial charge in [0, 0.05) is 36.2 Å². The number of hydrogen-bond donors (Lipinski definition) is 2. The highest BCUT2D eigenvalue weighted by molar-refractivity contribution is 14.0. The molecule has 0 saturated heterocycles. The highest BCUT2D eigenvalue weighted by Crippen LogP contribution is 2.19. The molecule has 2 heterocycles. The Morgan fingerprint density at radius 1 is 1.17 bits per heavy atom. The average Bonchev–Trinajstić information content (AvgIpc) is 3.14. The summed E-state index contributed by atoms with van der Waals surface area (Å²) in [7, 11) is 0. The Bertz CT molecular complexity index is 636. The zero-order valence-corrected chi connectivity index (χ0v) is 18.6.